The van der Waals surface area contributed by atoms with E-state index in [9.17, 15) is 0 Å². The fourth-order valence-corrected chi connectivity index (χ4v) is 3.24. The highest BCUT2D eigenvalue weighted by Gasteiger charge is 2.72. The molecule has 2 aliphatic heterocycles. The second-order valence-corrected chi connectivity index (χ2v) is 5.39. The van der Waals surface area contributed by atoms with Crippen molar-refractivity contribution in [2.45, 2.75) is 35.5 Å². The lowest BCUT2D eigenvalue weighted by Gasteiger charge is -2.08. The molecule has 0 N–H and O–H groups in total. The minimum Gasteiger partial charge on any atom is -0.360 e. The molecule has 0 aromatic carbocycles. The Morgan fingerprint density at radius 2 is 2.30 bits per heavy atom. The van der Waals surface area contributed by atoms with Gasteiger partial charge < -0.3 is 4.74 Å². The van der Waals surface area contributed by atoms with E-state index in [1.165, 1.54) is 0 Å². The Bertz CT molecular complexity index is 237. The third-order valence-corrected chi connectivity index (χ3v) is 4.47. The molecule has 0 radical (unpaired) electrons. The van der Waals surface area contributed by atoms with E-state index in [1.54, 1.807) is 0 Å². The molecule has 1 aliphatic carbocycles. The highest BCUT2D eigenvalue weighted by Crippen LogP contribution is 2.67. The molecule has 0 amide bonds. The zero-order chi connectivity index (χ0) is 6.98. The summed E-state index contributed by atoms with van der Waals surface area (Å²) in [6.45, 7) is 4.48. The summed E-state index contributed by atoms with van der Waals surface area (Å²) >= 11 is 2.04. The first-order valence-corrected chi connectivity index (χ1v) is 4.58. The van der Waals surface area contributed by atoms with Crippen molar-refractivity contribution in [2.75, 3.05) is 0 Å². The van der Waals surface area contributed by atoms with Crippen LogP contribution in [0.1, 0.15) is 13.8 Å². The zero-order valence-electron chi connectivity index (χ0n) is 6.13. The summed E-state index contributed by atoms with van der Waals surface area (Å²) in [4.78, 5) is 0. The van der Waals surface area contributed by atoms with Crippen LogP contribution in [0.15, 0.2) is 12.2 Å². The fraction of sp³-hybridized carbons (Fsp3) is 0.750. The Balaban J connectivity index is 2.07. The summed E-state index contributed by atoms with van der Waals surface area (Å²) in [5.74, 6) is 0. The highest BCUT2D eigenvalue weighted by molar-refractivity contribution is 8.09. The minimum absolute atomic E-state index is 0.120. The lowest BCUT2D eigenvalue weighted by molar-refractivity contribution is 0.335. The summed E-state index contributed by atoms with van der Waals surface area (Å²) in [6, 6.07) is 0. The molecule has 54 valence electrons. The van der Waals surface area contributed by atoms with E-state index in [2.05, 4.69) is 26.0 Å². The number of rotatable bonds is 0. The molecule has 4 unspecified atom stereocenters. The van der Waals surface area contributed by atoms with Crippen LogP contribution in [0.25, 0.3) is 0 Å². The smallest absolute Gasteiger partial charge is 0.112 e. The van der Waals surface area contributed by atoms with E-state index in [0.717, 1.165) is 5.25 Å². The van der Waals surface area contributed by atoms with Crippen LogP contribution in [0, 0.1) is 0 Å². The molecule has 3 rings (SSSR count). The van der Waals surface area contributed by atoms with E-state index in [0.29, 0.717) is 10.9 Å². The standard InChI is InChI=1S/C8H10OS/c1-7-4-3-5-8(2,10-5)6(7)9-7/h3-6H,1-2H3. The van der Waals surface area contributed by atoms with Gasteiger partial charge in [-0.05, 0) is 13.8 Å². The highest BCUT2D eigenvalue weighted by atomic mass is 32.2. The van der Waals surface area contributed by atoms with Crippen molar-refractivity contribution in [3.8, 4) is 0 Å². The summed E-state index contributed by atoms with van der Waals surface area (Å²) in [5.41, 5.74) is 0.120. The minimum atomic E-state index is 0.120. The van der Waals surface area contributed by atoms with E-state index in [-0.39, 0.29) is 5.60 Å². The molecular formula is C8H10OS. The first kappa shape index (κ1) is 5.67. The van der Waals surface area contributed by atoms with Crippen LogP contribution >= 0.6 is 11.8 Å². The maximum atomic E-state index is 5.61. The molecule has 3 aliphatic rings. The lowest BCUT2D eigenvalue weighted by Crippen LogP contribution is -2.26. The fourth-order valence-electron chi connectivity index (χ4n) is 1.99. The monoisotopic (exact) mass is 154 g/mol. The Labute approximate surface area is 64.8 Å². The number of fused-ring (bicyclic) bond motifs is 3. The molecule has 4 atom stereocenters. The largest absolute Gasteiger partial charge is 0.360 e. The summed E-state index contributed by atoms with van der Waals surface area (Å²) < 4.78 is 6.06. The molecule has 0 bridgehead atoms. The average molecular weight is 154 g/mol. The Morgan fingerprint density at radius 3 is 3.00 bits per heavy atom. The summed E-state index contributed by atoms with van der Waals surface area (Å²) in [7, 11) is 0. The number of hydrogen-bond donors (Lipinski definition) is 0. The molecule has 0 aromatic rings. The third-order valence-electron chi connectivity index (χ3n) is 2.85. The quantitative estimate of drug-likeness (QED) is 0.388. The van der Waals surface area contributed by atoms with Gasteiger partial charge >= 0.3 is 0 Å². The van der Waals surface area contributed by atoms with Crippen molar-refractivity contribution in [3.63, 3.8) is 0 Å². The first-order valence-electron chi connectivity index (χ1n) is 3.70. The molecule has 2 fully saturated rings. The van der Waals surface area contributed by atoms with Gasteiger partial charge in [-0.15, -0.1) is 11.8 Å². The van der Waals surface area contributed by atoms with Gasteiger partial charge in [0.1, 0.15) is 11.7 Å². The van der Waals surface area contributed by atoms with Crippen LogP contribution in [-0.4, -0.2) is 21.7 Å². The Kier molecular flexibility index (Phi) is 0.684. The predicted octanol–water partition coefficient (Wildman–Crippen LogP) is 1.59. The van der Waals surface area contributed by atoms with Crippen molar-refractivity contribution in [1.29, 1.82) is 0 Å². The van der Waals surface area contributed by atoms with Crippen molar-refractivity contribution in [3.05, 3.63) is 12.2 Å². The number of ether oxygens (including phenoxy) is 1. The Hall–Kier alpha value is 0.0500. The van der Waals surface area contributed by atoms with Gasteiger partial charge in [0.25, 0.3) is 0 Å². The maximum absolute atomic E-state index is 5.61. The van der Waals surface area contributed by atoms with Crippen molar-refractivity contribution < 1.29 is 4.74 Å². The van der Waals surface area contributed by atoms with Gasteiger partial charge in [0.15, 0.2) is 0 Å². The van der Waals surface area contributed by atoms with Gasteiger partial charge in [0, 0.05) is 5.25 Å². The van der Waals surface area contributed by atoms with Gasteiger partial charge in [-0.3, -0.25) is 0 Å². The van der Waals surface area contributed by atoms with Gasteiger partial charge in [-0.1, -0.05) is 12.2 Å². The van der Waals surface area contributed by atoms with Gasteiger partial charge in [0.2, 0.25) is 0 Å². The van der Waals surface area contributed by atoms with Crippen LogP contribution < -0.4 is 0 Å². The number of thioether (sulfide) groups is 1. The van der Waals surface area contributed by atoms with Crippen LogP contribution in [0.2, 0.25) is 0 Å². The number of epoxide rings is 1. The molecule has 2 saturated heterocycles. The van der Waals surface area contributed by atoms with Crippen LogP contribution in [0.3, 0.4) is 0 Å². The SMILES string of the molecule is CC12C=CC3SC3(C)C1O2. The predicted molar refractivity (Wildman–Crippen MR) is 42.2 cm³/mol. The second-order valence-electron chi connectivity index (χ2n) is 3.76. The van der Waals surface area contributed by atoms with Gasteiger partial charge in [-0.2, -0.15) is 0 Å². The molecule has 0 spiro atoms. The average Bonchev–Trinajstić information content (AvgIpc) is 2.65. The van der Waals surface area contributed by atoms with E-state index in [1.807, 2.05) is 11.8 Å². The van der Waals surface area contributed by atoms with E-state index >= 15 is 0 Å². The molecule has 2 heterocycles. The normalized spacial score (nSPS) is 68.6. The molecule has 0 saturated carbocycles. The Morgan fingerprint density at radius 1 is 1.50 bits per heavy atom. The molecule has 2 heteroatoms. The molecule has 0 aromatic heterocycles. The van der Waals surface area contributed by atoms with Crippen molar-refractivity contribution in [2.24, 2.45) is 0 Å². The van der Waals surface area contributed by atoms with Crippen LogP contribution in [0.4, 0.5) is 0 Å². The van der Waals surface area contributed by atoms with Crippen LogP contribution in [0.5, 0.6) is 0 Å². The lowest BCUT2D eigenvalue weighted by atomic mass is 9.89. The van der Waals surface area contributed by atoms with E-state index in [4.69, 9.17) is 4.74 Å². The molecule has 1 nitrogen and oxygen atoms in total. The number of hydrogen-bond acceptors (Lipinski definition) is 2. The molecular weight excluding hydrogens is 144 g/mol. The van der Waals surface area contributed by atoms with Gasteiger partial charge in [-0.25, -0.2) is 0 Å². The molecule has 10 heavy (non-hydrogen) atoms. The van der Waals surface area contributed by atoms with E-state index < -0.39 is 0 Å². The summed E-state index contributed by atoms with van der Waals surface area (Å²) in [5, 5.41) is 0.757. The zero-order valence-corrected chi connectivity index (χ0v) is 6.94. The van der Waals surface area contributed by atoms with Crippen molar-refractivity contribution in [1.82, 2.24) is 0 Å². The van der Waals surface area contributed by atoms with Crippen LogP contribution in [-0.2, 0) is 4.74 Å². The van der Waals surface area contributed by atoms with Gasteiger partial charge in [0.05, 0.1) is 4.75 Å². The maximum Gasteiger partial charge on any atom is 0.112 e. The first-order chi connectivity index (χ1) is 4.65. The topological polar surface area (TPSA) is 12.5 Å². The van der Waals surface area contributed by atoms with Crippen molar-refractivity contribution >= 4 is 11.8 Å². The second kappa shape index (κ2) is 1.21. The summed E-state index contributed by atoms with van der Waals surface area (Å²) in [6.07, 6.45) is 5.04. The third kappa shape index (κ3) is 0.443.